The number of nitrogen functional groups attached to an aromatic ring is 1. The summed E-state index contributed by atoms with van der Waals surface area (Å²) in [6.07, 6.45) is 0. The average Bonchev–Trinajstić information content (AvgIpc) is 2.33. The van der Waals surface area contributed by atoms with Crippen LogP contribution in [0.15, 0.2) is 27.6 Å². The van der Waals surface area contributed by atoms with Gasteiger partial charge in [0, 0.05) is 35.1 Å². The third kappa shape index (κ3) is 6.49. The number of nitrogens with one attached hydrogen (secondary N) is 2. The summed E-state index contributed by atoms with van der Waals surface area (Å²) in [4.78, 5) is 23.1. The second kappa shape index (κ2) is 8.06. The molecule has 4 N–H and O–H groups in total. The second-order valence-corrected chi connectivity index (χ2v) is 5.68. The van der Waals surface area contributed by atoms with Crippen molar-refractivity contribution in [1.82, 2.24) is 10.6 Å². The highest BCUT2D eigenvalue weighted by Gasteiger charge is 2.05. The Labute approximate surface area is 124 Å². The summed E-state index contributed by atoms with van der Waals surface area (Å²) in [5.74, 6) is 0.149. The molecule has 0 aliphatic heterocycles. The average molecular weight is 346 g/mol. The first-order chi connectivity index (χ1) is 8.99. The maximum Gasteiger partial charge on any atom is 0.230 e. The van der Waals surface area contributed by atoms with Gasteiger partial charge in [0.1, 0.15) is 0 Å². The summed E-state index contributed by atoms with van der Waals surface area (Å²) in [5.41, 5.74) is 6.31. The lowest BCUT2D eigenvalue weighted by molar-refractivity contribution is -0.120. The summed E-state index contributed by atoms with van der Waals surface area (Å²) < 4.78 is 0.878. The summed E-state index contributed by atoms with van der Waals surface area (Å²) in [6.45, 7) is 2.31. The van der Waals surface area contributed by atoms with Gasteiger partial charge in [0.05, 0.1) is 5.75 Å². The Bertz CT molecular complexity index is 468. The van der Waals surface area contributed by atoms with Crippen molar-refractivity contribution in [2.24, 2.45) is 0 Å². The minimum absolute atomic E-state index is 0.0703. The molecule has 0 bridgehead atoms. The highest BCUT2D eigenvalue weighted by molar-refractivity contribution is 9.10. The molecule has 0 fully saturated rings. The van der Waals surface area contributed by atoms with Crippen LogP contribution in [0.4, 0.5) is 5.69 Å². The van der Waals surface area contributed by atoms with E-state index in [0.717, 1.165) is 9.37 Å². The Morgan fingerprint density at radius 3 is 2.63 bits per heavy atom. The number of carbonyl (C=O) groups excluding carboxylic acids is 2. The molecular weight excluding hydrogens is 330 g/mol. The lowest BCUT2D eigenvalue weighted by Gasteiger charge is -2.07. The first-order valence-electron chi connectivity index (χ1n) is 5.68. The standard InChI is InChI=1S/C12H16BrN3O2S/c1-8(17)15-4-5-16-12(18)7-19-11-3-2-9(14)6-10(11)13/h2-3,6H,4-5,7,14H2,1H3,(H,15,17)(H,16,18). The molecule has 19 heavy (non-hydrogen) atoms. The summed E-state index contributed by atoms with van der Waals surface area (Å²) in [7, 11) is 0. The van der Waals surface area contributed by atoms with E-state index in [9.17, 15) is 9.59 Å². The van der Waals surface area contributed by atoms with Crippen LogP contribution >= 0.6 is 27.7 Å². The number of hydrogen-bond donors (Lipinski definition) is 3. The number of thioether (sulfide) groups is 1. The van der Waals surface area contributed by atoms with Crippen molar-refractivity contribution < 1.29 is 9.59 Å². The molecule has 0 radical (unpaired) electrons. The maximum absolute atomic E-state index is 11.6. The van der Waals surface area contributed by atoms with Gasteiger partial charge in [0.25, 0.3) is 0 Å². The SMILES string of the molecule is CC(=O)NCCNC(=O)CSc1ccc(N)cc1Br. The van der Waals surface area contributed by atoms with Gasteiger partial charge >= 0.3 is 0 Å². The summed E-state index contributed by atoms with van der Waals surface area (Å²) in [5, 5.41) is 5.33. The zero-order valence-electron chi connectivity index (χ0n) is 10.5. The van der Waals surface area contributed by atoms with Crippen LogP contribution in [0.3, 0.4) is 0 Å². The van der Waals surface area contributed by atoms with Gasteiger partial charge in [0.2, 0.25) is 11.8 Å². The minimum atomic E-state index is -0.102. The fourth-order valence-electron chi connectivity index (χ4n) is 1.27. The molecule has 0 spiro atoms. The number of nitrogens with two attached hydrogens (primary N) is 1. The Morgan fingerprint density at radius 2 is 2.00 bits per heavy atom. The predicted octanol–water partition coefficient (Wildman–Crippen LogP) is 1.38. The van der Waals surface area contributed by atoms with Gasteiger partial charge < -0.3 is 16.4 Å². The summed E-state index contributed by atoms with van der Waals surface area (Å²) >= 11 is 4.82. The number of rotatable bonds is 6. The zero-order chi connectivity index (χ0) is 14.3. The van der Waals surface area contributed by atoms with Crippen molar-refractivity contribution in [2.45, 2.75) is 11.8 Å². The van der Waals surface area contributed by atoms with Crippen molar-refractivity contribution in [3.63, 3.8) is 0 Å². The molecule has 1 rings (SSSR count). The third-order valence-corrected chi connectivity index (χ3v) is 4.13. The fraction of sp³-hybridized carbons (Fsp3) is 0.333. The zero-order valence-corrected chi connectivity index (χ0v) is 12.9. The molecule has 5 nitrogen and oxygen atoms in total. The van der Waals surface area contributed by atoms with Crippen LogP contribution < -0.4 is 16.4 Å². The minimum Gasteiger partial charge on any atom is -0.399 e. The van der Waals surface area contributed by atoms with E-state index < -0.39 is 0 Å². The number of hydrogen-bond acceptors (Lipinski definition) is 4. The normalized spacial score (nSPS) is 10.0. The van der Waals surface area contributed by atoms with Crippen LogP contribution in [-0.4, -0.2) is 30.7 Å². The Balaban J connectivity index is 2.28. The molecule has 7 heteroatoms. The molecule has 0 aromatic heterocycles. The lowest BCUT2D eigenvalue weighted by atomic mass is 10.3. The third-order valence-electron chi connectivity index (χ3n) is 2.14. The van der Waals surface area contributed by atoms with E-state index in [-0.39, 0.29) is 11.8 Å². The van der Waals surface area contributed by atoms with Crippen LogP contribution in [0.1, 0.15) is 6.92 Å². The monoisotopic (exact) mass is 345 g/mol. The molecule has 1 aromatic rings. The van der Waals surface area contributed by atoms with Crippen LogP contribution in [0, 0.1) is 0 Å². The topological polar surface area (TPSA) is 84.2 Å². The van der Waals surface area contributed by atoms with Crippen LogP contribution in [0.5, 0.6) is 0 Å². The van der Waals surface area contributed by atoms with Crippen LogP contribution in [-0.2, 0) is 9.59 Å². The number of halogens is 1. The predicted molar refractivity (Wildman–Crippen MR) is 81.0 cm³/mol. The first kappa shape index (κ1) is 15.8. The van der Waals surface area contributed by atoms with Crippen LogP contribution in [0.25, 0.3) is 0 Å². The van der Waals surface area contributed by atoms with Gasteiger partial charge in [-0.3, -0.25) is 9.59 Å². The van der Waals surface area contributed by atoms with Gasteiger partial charge in [0.15, 0.2) is 0 Å². The molecule has 0 unspecified atom stereocenters. The number of carbonyl (C=O) groups is 2. The van der Waals surface area contributed by atoms with Crippen LogP contribution in [0.2, 0.25) is 0 Å². The molecule has 0 saturated heterocycles. The molecule has 0 aliphatic rings. The first-order valence-corrected chi connectivity index (χ1v) is 7.46. The van der Waals surface area contributed by atoms with E-state index in [2.05, 4.69) is 26.6 Å². The molecule has 2 amide bonds. The van der Waals surface area contributed by atoms with Gasteiger partial charge in [-0.25, -0.2) is 0 Å². The van der Waals surface area contributed by atoms with Gasteiger partial charge in [-0.1, -0.05) is 0 Å². The Morgan fingerprint density at radius 1 is 1.32 bits per heavy atom. The van der Waals surface area contributed by atoms with Crippen molar-refractivity contribution in [1.29, 1.82) is 0 Å². The maximum atomic E-state index is 11.6. The lowest BCUT2D eigenvalue weighted by Crippen LogP contribution is -2.34. The fourth-order valence-corrected chi connectivity index (χ4v) is 2.76. The molecule has 0 heterocycles. The van der Waals surface area contributed by atoms with Crippen molar-refractivity contribution in [2.75, 3.05) is 24.6 Å². The molecule has 1 aromatic carbocycles. The van der Waals surface area contributed by atoms with Crippen molar-refractivity contribution >= 4 is 45.2 Å². The Kier molecular flexibility index (Phi) is 6.72. The molecule has 0 atom stereocenters. The summed E-state index contributed by atoms with van der Waals surface area (Å²) in [6, 6.07) is 5.47. The quantitative estimate of drug-likeness (QED) is 0.413. The van der Waals surface area contributed by atoms with E-state index in [0.29, 0.717) is 24.5 Å². The highest BCUT2D eigenvalue weighted by Crippen LogP contribution is 2.28. The molecule has 0 aliphatic carbocycles. The Hall–Kier alpha value is -1.21. The number of amides is 2. The smallest absolute Gasteiger partial charge is 0.230 e. The van der Waals surface area contributed by atoms with E-state index in [1.165, 1.54) is 18.7 Å². The number of anilines is 1. The van der Waals surface area contributed by atoms with Gasteiger partial charge in [-0.2, -0.15) is 0 Å². The number of benzene rings is 1. The van der Waals surface area contributed by atoms with E-state index >= 15 is 0 Å². The second-order valence-electron chi connectivity index (χ2n) is 3.81. The van der Waals surface area contributed by atoms with E-state index in [1.54, 1.807) is 12.1 Å². The van der Waals surface area contributed by atoms with Gasteiger partial charge in [-0.05, 0) is 34.1 Å². The molecular formula is C12H16BrN3O2S. The molecule has 0 saturated carbocycles. The van der Waals surface area contributed by atoms with E-state index in [1.807, 2.05) is 6.07 Å². The van der Waals surface area contributed by atoms with E-state index in [4.69, 9.17) is 5.73 Å². The van der Waals surface area contributed by atoms with Gasteiger partial charge in [-0.15, -0.1) is 11.8 Å². The largest absolute Gasteiger partial charge is 0.399 e. The highest BCUT2D eigenvalue weighted by atomic mass is 79.9. The van der Waals surface area contributed by atoms with Crippen molar-refractivity contribution in [3.05, 3.63) is 22.7 Å². The van der Waals surface area contributed by atoms with Crippen molar-refractivity contribution in [3.8, 4) is 0 Å². The molecule has 104 valence electrons.